The molecule has 0 radical (unpaired) electrons. The van der Waals surface area contributed by atoms with E-state index >= 15 is 0 Å². The minimum atomic E-state index is -4.77. The molecule has 3 aromatic rings. The van der Waals surface area contributed by atoms with Crippen LogP contribution in [0.1, 0.15) is 43.6 Å². The Labute approximate surface area is 192 Å². The maximum Gasteiger partial charge on any atom is 0.422 e. The summed E-state index contributed by atoms with van der Waals surface area (Å²) in [6.07, 6.45) is 0.641. The lowest BCUT2D eigenvalue weighted by Crippen LogP contribution is -2.20. The minimum Gasteiger partial charge on any atom is -0.478 e. The summed E-state index contributed by atoms with van der Waals surface area (Å²) in [7, 11) is 0. The third-order valence-electron chi connectivity index (χ3n) is 6.04. The molecule has 0 N–H and O–H groups in total. The van der Waals surface area contributed by atoms with Crippen LogP contribution in [-0.2, 0) is 0 Å². The van der Waals surface area contributed by atoms with E-state index in [1.54, 1.807) is 6.07 Å². The lowest BCUT2D eigenvalue weighted by atomic mass is 9.83. The van der Waals surface area contributed by atoms with Gasteiger partial charge in [0.05, 0.1) is 0 Å². The Morgan fingerprint density at radius 2 is 1.24 bits per heavy atom. The van der Waals surface area contributed by atoms with Crippen LogP contribution in [0, 0.1) is 23.3 Å². The third-order valence-corrected chi connectivity index (χ3v) is 6.04. The van der Waals surface area contributed by atoms with E-state index in [1.807, 2.05) is 6.07 Å². The minimum absolute atomic E-state index is 0.192. The highest BCUT2D eigenvalue weighted by Gasteiger charge is 2.30. The number of ether oxygens (including phenoxy) is 1. The third kappa shape index (κ3) is 5.37. The van der Waals surface area contributed by atoms with Crippen molar-refractivity contribution >= 4 is 0 Å². The van der Waals surface area contributed by atoms with Gasteiger partial charge in [-0.25, -0.2) is 17.6 Å². The molecular formula is C26H21F7O. The topological polar surface area (TPSA) is 9.23 Å². The molecule has 0 atom stereocenters. The van der Waals surface area contributed by atoms with Crippen LogP contribution in [0.15, 0.2) is 48.5 Å². The quantitative estimate of drug-likeness (QED) is 0.331. The SMILES string of the molecule is Fc1cc(-c2ccc(C3CCCCC3)cc2F)ccc1-c1cc(F)c(OCC(F)(F)F)c(F)c1. The molecule has 0 saturated heterocycles. The van der Waals surface area contributed by atoms with E-state index in [2.05, 4.69) is 4.74 Å². The molecule has 1 aliphatic carbocycles. The van der Waals surface area contributed by atoms with Crippen LogP contribution in [-0.4, -0.2) is 12.8 Å². The van der Waals surface area contributed by atoms with E-state index in [4.69, 9.17) is 0 Å². The highest BCUT2D eigenvalue weighted by Crippen LogP contribution is 2.36. The molecule has 1 fully saturated rings. The smallest absolute Gasteiger partial charge is 0.422 e. The van der Waals surface area contributed by atoms with Crippen molar-refractivity contribution in [2.24, 2.45) is 0 Å². The second-order valence-corrected chi connectivity index (χ2v) is 8.44. The maximum absolute atomic E-state index is 14.8. The number of alkyl halides is 3. The van der Waals surface area contributed by atoms with E-state index < -0.39 is 41.8 Å². The lowest BCUT2D eigenvalue weighted by Gasteiger charge is -2.22. The zero-order valence-electron chi connectivity index (χ0n) is 18.0. The van der Waals surface area contributed by atoms with Crippen LogP contribution in [0.5, 0.6) is 5.75 Å². The van der Waals surface area contributed by atoms with Crippen molar-refractivity contribution in [2.75, 3.05) is 6.61 Å². The van der Waals surface area contributed by atoms with Crippen molar-refractivity contribution < 1.29 is 35.5 Å². The second-order valence-electron chi connectivity index (χ2n) is 8.44. The van der Waals surface area contributed by atoms with Gasteiger partial charge in [-0.05, 0) is 59.7 Å². The Hall–Kier alpha value is -3.03. The number of hydrogen-bond acceptors (Lipinski definition) is 1. The molecule has 1 aliphatic rings. The molecule has 34 heavy (non-hydrogen) atoms. The van der Waals surface area contributed by atoms with Crippen LogP contribution in [0.25, 0.3) is 22.3 Å². The number of rotatable bonds is 5. The molecule has 8 heteroatoms. The van der Waals surface area contributed by atoms with E-state index in [0.29, 0.717) is 18.1 Å². The van der Waals surface area contributed by atoms with Crippen LogP contribution in [0.4, 0.5) is 30.7 Å². The van der Waals surface area contributed by atoms with Gasteiger partial charge in [0, 0.05) is 11.1 Å². The zero-order chi connectivity index (χ0) is 24.5. The van der Waals surface area contributed by atoms with Gasteiger partial charge in [-0.15, -0.1) is 0 Å². The number of halogens is 7. The van der Waals surface area contributed by atoms with Crippen molar-refractivity contribution in [2.45, 2.75) is 44.2 Å². The Morgan fingerprint density at radius 1 is 0.676 bits per heavy atom. The number of benzene rings is 3. The van der Waals surface area contributed by atoms with Gasteiger partial charge in [-0.3, -0.25) is 0 Å². The first kappa shape index (κ1) is 24.1. The average Bonchev–Trinajstić information content (AvgIpc) is 2.78. The highest BCUT2D eigenvalue weighted by atomic mass is 19.4. The Kier molecular flexibility index (Phi) is 6.86. The van der Waals surface area contributed by atoms with Crippen molar-refractivity contribution in [3.05, 3.63) is 77.4 Å². The fourth-order valence-electron chi connectivity index (χ4n) is 4.38. The van der Waals surface area contributed by atoms with Crippen LogP contribution in [0.3, 0.4) is 0 Å². The molecule has 0 heterocycles. The fourth-order valence-corrected chi connectivity index (χ4v) is 4.38. The molecule has 0 aromatic heterocycles. The standard InChI is InChI=1S/C26H21F7O/c27-21-10-16(15-4-2-1-3-5-15)6-8-19(21)17-7-9-20(22(28)11-17)18-12-23(29)25(24(30)13-18)34-14-26(31,32)33/h6-13,15H,1-5,14H2. The van der Waals surface area contributed by atoms with E-state index in [1.165, 1.54) is 24.6 Å². The van der Waals surface area contributed by atoms with Gasteiger partial charge < -0.3 is 4.74 Å². The first-order chi connectivity index (χ1) is 16.1. The molecule has 0 amide bonds. The summed E-state index contributed by atoms with van der Waals surface area (Å²) in [6.45, 7) is -1.87. The second kappa shape index (κ2) is 9.68. The van der Waals surface area contributed by atoms with Gasteiger partial charge >= 0.3 is 6.18 Å². The van der Waals surface area contributed by atoms with Crippen molar-refractivity contribution in [1.29, 1.82) is 0 Å². The molecule has 0 spiro atoms. The summed E-state index contributed by atoms with van der Waals surface area (Å²) in [5.74, 6) is -5.03. The first-order valence-electron chi connectivity index (χ1n) is 10.9. The Morgan fingerprint density at radius 3 is 1.82 bits per heavy atom. The normalized spacial score (nSPS) is 14.9. The van der Waals surface area contributed by atoms with E-state index in [9.17, 15) is 30.7 Å². The maximum atomic E-state index is 14.8. The Balaban J connectivity index is 1.59. The molecule has 1 saturated carbocycles. The summed E-state index contributed by atoms with van der Waals surface area (Å²) in [5, 5.41) is 0. The predicted molar refractivity (Wildman–Crippen MR) is 115 cm³/mol. The van der Waals surface area contributed by atoms with Gasteiger partial charge in [0.15, 0.2) is 24.0 Å². The van der Waals surface area contributed by atoms with E-state index in [0.717, 1.165) is 37.3 Å². The van der Waals surface area contributed by atoms with Crippen LogP contribution >= 0.6 is 0 Å². The number of hydrogen-bond donors (Lipinski definition) is 0. The van der Waals surface area contributed by atoms with Gasteiger partial charge in [0.1, 0.15) is 11.6 Å². The average molecular weight is 482 g/mol. The fraction of sp³-hybridized carbons (Fsp3) is 0.308. The summed E-state index contributed by atoms with van der Waals surface area (Å²) in [5.41, 5.74) is 0.935. The van der Waals surface area contributed by atoms with Gasteiger partial charge in [0.25, 0.3) is 0 Å². The van der Waals surface area contributed by atoms with Gasteiger partial charge in [-0.1, -0.05) is 43.5 Å². The van der Waals surface area contributed by atoms with Crippen LogP contribution < -0.4 is 4.74 Å². The molecule has 1 nitrogen and oxygen atoms in total. The summed E-state index contributed by atoms with van der Waals surface area (Å²) < 4.78 is 99.1. The first-order valence-corrected chi connectivity index (χ1v) is 10.9. The van der Waals surface area contributed by atoms with Gasteiger partial charge in [0.2, 0.25) is 0 Å². The van der Waals surface area contributed by atoms with Crippen molar-refractivity contribution in [1.82, 2.24) is 0 Å². The molecular weight excluding hydrogens is 461 g/mol. The highest BCUT2D eigenvalue weighted by molar-refractivity contribution is 5.72. The van der Waals surface area contributed by atoms with E-state index in [-0.39, 0.29) is 22.3 Å². The summed E-state index contributed by atoms with van der Waals surface area (Å²) in [4.78, 5) is 0. The van der Waals surface area contributed by atoms with Crippen molar-refractivity contribution in [3.63, 3.8) is 0 Å². The summed E-state index contributed by atoms with van der Waals surface area (Å²) in [6, 6.07) is 9.99. The lowest BCUT2D eigenvalue weighted by molar-refractivity contribution is -0.154. The van der Waals surface area contributed by atoms with Crippen LogP contribution in [0.2, 0.25) is 0 Å². The van der Waals surface area contributed by atoms with Gasteiger partial charge in [-0.2, -0.15) is 13.2 Å². The molecule has 0 bridgehead atoms. The zero-order valence-corrected chi connectivity index (χ0v) is 18.0. The molecule has 180 valence electrons. The molecule has 3 aromatic carbocycles. The largest absolute Gasteiger partial charge is 0.478 e. The molecule has 0 aliphatic heterocycles. The molecule has 4 rings (SSSR count). The monoisotopic (exact) mass is 482 g/mol. The predicted octanol–water partition coefficient (Wildman–Crippen LogP) is 8.57. The summed E-state index contributed by atoms with van der Waals surface area (Å²) >= 11 is 0. The van der Waals surface area contributed by atoms with Crippen molar-refractivity contribution in [3.8, 4) is 28.0 Å². The molecule has 0 unspecified atom stereocenters. The Bertz CT molecular complexity index is 1160.